The number of primary amides is 1. The first-order valence-electron chi connectivity index (χ1n) is 6.79. The summed E-state index contributed by atoms with van der Waals surface area (Å²) in [6.07, 6.45) is 1.04. The lowest BCUT2D eigenvalue weighted by atomic mass is 10.1. The molecule has 0 radical (unpaired) electrons. The van der Waals surface area contributed by atoms with E-state index in [9.17, 15) is 9.59 Å². The van der Waals surface area contributed by atoms with Gasteiger partial charge in [-0.3, -0.25) is 9.59 Å². The molecule has 2 rings (SSSR count). The molecular formula is C17H17NO3. The fourth-order valence-electron chi connectivity index (χ4n) is 1.90. The molecule has 0 fully saturated rings. The van der Waals surface area contributed by atoms with Crippen molar-refractivity contribution in [3.8, 4) is 11.5 Å². The quantitative estimate of drug-likeness (QED) is 0.792. The number of amides is 1. The van der Waals surface area contributed by atoms with Gasteiger partial charge in [0.2, 0.25) is 5.91 Å². The highest BCUT2D eigenvalue weighted by atomic mass is 16.5. The molecule has 4 nitrogen and oxygen atoms in total. The Morgan fingerprint density at radius 3 is 2.10 bits per heavy atom. The molecule has 0 unspecified atom stereocenters. The Morgan fingerprint density at radius 1 is 0.857 bits per heavy atom. The molecule has 108 valence electrons. The third-order valence-electron chi connectivity index (χ3n) is 2.98. The maximum atomic E-state index is 11.9. The van der Waals surface area contributed by atoms with Crippen molar-refractivity contribution in [2.24, 2.45) is 5.73 Å². The predicted molar refractivity (Wildman–Crippen MR) is 80.3 cm³/mol. The average Bonchev–Trinajstić information content (AvgIpc) is 2.48. The van der Waals surface area contributed by atoms with Crippen molar-refractivity contribution in [3.05, 3.63) is 60.2 Å². The third kappa shape index (κ3) is 4.76. The van der Waals surface area contributed by atoms with E-state index >= 15 is 0 Å². The number of carbonyl (C=O) groups excluding carboxylic acids is 2. The maximum Gasteiger partial charge on any atom is 0.217 e. The van der Waals surface area contributed by atoms with E-state index in [1.807, 2.05) is 30.3 Å². The molecule has 4 heteroatoms. The van der Waals surface area contributed by atoms with E-state index in [4.69, 9.17) is 10.5 Å². The number of nitrogens with two attached hydrogens (primary N) is 1. The molecule has 0 spiro atoms. The third-order valence-corrected chi connectivity index (χ3v) is 2.98. The van der Waals surface area contributed by atoms with Crippen molar-refractivity contribution >= 4 is 11.7 Å². The van der Waals surface area contributed by atoms with Gasteiger partial charge in [-0.05, 0) is 42.8 Å². The van der Waals surface area contributed by atoms with Crippen molar-refractivity contribution in [1.82, 2.24) is 0 Å². The molecule has 2 aromatic carbocycles. The number of hydrogen-bond donors (Lipinski definition) is 1. The van der Waals surface area contributed by atoms with Crippen LogP contribution < -0.4 is 10.5 Å². The Hall–Kier alpha value is -2.62. The zero-order valence-corrected chi connectivity index (χ0v) is 11.6. The number of hydrogen-bond acceptors (Lipinski definition) is 3. The topological polar surface area (TPSA) is 69.4 Å². The molecule has 0 aliphatic carbocycles. The number of carbonyl (C=O) groups is 2. The van der Waals surface area contributed by atoms with Crippen LogP contribution in [0.2, 0.25) is 0 Å². The van der Waals surface area contributed by atoms with Crippen molar-refractivity contribution < 1.29 is 14.3 Å². The van der Waals surface area contributed by atoms with E-state index in [1.54, 1.807) is 24.3 Å². The predicted octanol–water partition coefficient (Wildman–Crippen LogP) is 3.32. The average molecular weight is 283 g/mol. The summed E-state index contributed by atoms with van der Waals surface area (Å²) in [4.78, 5) is 22.5. The van der Waals surface area contributed by atoms with Gasteiger partial charge in [-0.2, -0.15) is 0 Å². The standard InChI is InChI=1S/C17H17NO3/c18-17(20)8-4-7-16(19)13-9-11-15(12-10-13)21-14-5-2-1-3-6-14/h1-3,5-6,9-12H,4,7-8H2,(H2,18,20). The summed E-state index contributed by atoms with van der Waals surface area (Å²) >= 11 is 0. The van der Waals surface area contributed by atoms with Crippen LogP contribution in [-0.2, 0) is 4.79 Å². The number of ketones is 1. The van der Waals surface area contributed by atoms with Gasteiger partial charge in [-0.1, -0.05) is 18.2 Å². The highest BCUT2D eigenvalue weighted by Crippen LogP contribution is 2.21. The van der Waals surface area contributed by atoms with Gasteiger partial charge in [0.25, 0.3) is 0 Å². The van der Waals surface area contributed by atoms with E-state index in [0.29, 0.717) is 24.2 Å². The van der Waals surface area contributed by atoms with E-state index in [2.05, 4.69) is 0 Å². The molecular weight excluding hydrogens is 266 g/mol. The normalized spacial score (nSPS) is 10.1. The van der Waals surface area contributed by atoms with Crippen LogP contribution in [0.4, 0.5) is 0 Å². The molecule has 0 aliphatic heterocycles. The molecule has 0 saturated carbocycles. The Balaban J connectivity index is 1.92. The molecule has 2 N–H and O–H groups in total. The number of benzene rings is 2. The van der Waals surface area contributed by atoms with Crippen LogP contribution in [0.5, 0.6) is 11.5 Å². The van der Waals surface area contributed by atoms with Crippen LogP contribution in [0.3, 0.4) is 0 Å². The van der Waals surface area contributed by atoms with Crippen LogP contribution in [-0.4, -0.2) is 11.7 Å². The molecule has 0 aliphatic rings. The Kier molecular flexibility index (Phi) is 5.10. The summed E-state index contributed by atoms with van der Waals surface area (Å²) < 4.78 is 5.65. The van der Waals surface area contributed by atoms with E-state index in [-0.39, 0.29) is 18.1 Å². The summed E-state index contributed by atoms with van der Waals surface area (Å²) in [6, 6.07) is 16.4. The van der Waals surface area contributed by atoms with E-state index in [1.165, 1.54) is 0 Å². The van der Waals surface area contributed by atoms with Gasteiger partial charge in [-0.15, -0.1) is 0 Å². The van der Waals surface area contributed by atoms with Crippen molar-refractivity contribution in [2.75, 3.05) is 0 Å². The van der Waals surface area contributed by atoms with Gasteiger partial charge >= 0.3 is 0 Å². The van der Waals surface area contributed by atoms with E-state index < -0.39 is 0 Å². The molecule has 0 saturated heterocycles. The summed E-state index contributed by atoms with van der Waals surface area (Å²) in [5.41, 5.74) is 5.65. The Morgan fingerprint density at radius 2 is 1.48 bits per heavy atom. The van der Waals surface area contributed by atoms with Gasteiger partial charge < -0.3 is 10.5 Å². The van der Waals surface area contributed by atoms with Crippen LogP contribution in [0.15, 0.2) is 54.6 Å². The Bertz CT molecular complexity index is 606. The van der Waals surface area contributed by atoms with Crippen LogP contribution in [0, 0.1) is 0 Å². The Labute approximate surface area is 123 Å². The molecule has 21 heavy (non-hydrogen) atoms. The number of ether oxygens (including phenoxy) is 1. The first kappa shape index (κ1) is 14.8. The second-order valence-electron chi connectivity index (χ2n) is 4.68. The van der Waals surface area contributed by atoms with Gasteiger partial charge in [0.15, 0.2) is 5.78 Å². The minimum absolute atomic E-state index is 0.00233. The zero-order valence-electron chi connectivity index (χ0n) is 11.6. The van der Waals surface area contributed by atoms with Crippen molar-refractivity contribution in [3.63, 3.8) is 0 Å². The largest absolute Gasteiger partial charge is 0.457 e. The maximum absolute atomic E-state index is 11.9. The molecule has 1 amide bonds. The summed E-state index contributed by atoms with van der Waals surface area (Å²) in [5, 5.41) is 0. The highest BCUT2D eigenvalue weighted by Gasteiger charge is 2.07. The number of Topliss-reactive ketones (excluding diaryl/α,β-unsaturated/α-hetero) is 1. The fourth-order valence-corrected chi connectivity index (χ4v) is 1.90. The molecule has 2 aromatic rings. The lowest BCUT2D eigenvalue weighted by molar-refractivity contribution is -0.118. The minimum atomic E-state index is -0.380. The van der Waals surface area contributed by atoms with Crippen LogP contribution in [0.1, 0.15) is 29.6 Å². The number of rotatable bonds is 7. The van der Waals surface area contributed by atoms with Crippen molar-refractivity contribution in [2.45, 2.75) is 19.3 Å². The smallest absolute Gasteiger partial charge is 0.217 e. The van der Waals surface area contributed by atoms with Gasteiger partial charge in [0, 0.05) is 18.4 Å². The molecule has 0 atom stereocenters. The molecule has 0 heterocycles. The summed E-state index contributed by atoms with van der Waals surface area (Å²) in [5.74, 6) is 1.05. The van der Waals surface area contributed by atoms with Gasteiger partial charge in [-0.25, -0.2) is 0 Å². The summed E-state index contributed by atoms with van der Waals surface area (Å²) in [7, 11) is 0. The summed E-state index contributed by atoms with van der Waals surface area (Å²) in [6.45, 7) is 0. The molecule has 0 aromatic heterocycles. The number of para-hydroxylation sites is 1. The van der Waals surface area contributed by atoms with Gasteiger partial charge in [0.1, 0.15) is 11.5 Å². The lowest BCUT2D eigenvalue weighted by Crippen LogP contribution is -2.10. The first-order valence-corrected chi connectivity index (χ1v) is 6.79. The van der Waals surface area contributed by atoms with Crippen LogP contribution >= 0.6 is 0 Å². The lowest BCUT2D eigenvalue weighted by Gasteiger charge is -2.06. The first-order chi connectivity index (χ1) is 10.1. The molecule has 0 bridgehead atoms. The van der Waals surface area contributed by atoms with Gasteiger partial charge in [0.05, 0.1) is 0 Å². The fraction of sp³-hybridized carbons (Fsp3) is 0.176. The second-order valence-corrected chi connectivity index (χ2v) is 4.68. The zero-order chi connectivity index (χ0) is 15.1. The van der Waals surface area contributed by atoms with Crippen LogP contribution in [0.25, 0.3) is 0 Å². The second kappa shape index (κ2) is 7.24. The van der Waals surface area contributed by atoms with E-state index in [0.717, 1.165) is 5.75 Å². The minimum Gasteiger partial charge on any atom is -0.457 e. The monoisotopic (exact) mass is 283 g/mol. The SMILES string of the molecule is NC(=O)CCCC(=O)c1ccc(Oc2ccccc2)cc1. The van der Waals surface area contributed by atoms with Crippen molar-refractivity contribution in [1.29, 1.82) is 0 Å². The highest BCUT2D eigenvalue weighted by molar-refractivity contribution is 5.96.